The van der Waals surface area contributed by atoms with Crippen LogP contribution in [0, 0.1) is 0 Å². The van der Waals surface area contributed by atoms with Gasteiger partial charge in [0.2, 0.25) is 6.29 Å². The van der Waals surface area contributed by atoms with Crippen LogP contribution in [0.2, 0.25) is 0 Å². The second-order valence-corrected chi connectivity index (χ2v) is 3.66. The van der Waals surface area contributed by atoms with Gasteiger partial charge in [0.25, 0.3) is 0 Å². The Bertz CT molecular complexity index is 314. The highest BCUT2D eigenvalue weighted by Gasteiger charge is 2.32. The van der Waals surface area contributed by atoms with Gasteiger partial charge in [0.1, 0.15) is 0 Å². The maximum absolute atomic E-state index is 11.5. The quantitative estimate of drug-likeness (QED) is 0.598. The topological polar surface area (TPSA) is 35.5 Å². The summed E-state index contributed by atoms with van der Waals surface area (Å²) in [6, 6.07) is 0. The molecular formula is C11H14O3. The average Bonchev–Trinajstić information content (AvgIpc) is 2.23. The lowest BCUT2D eigenvalue weighted by atomic mass is 9.86. The molecule has 0 saturated carbocycles. The fraction of sp³-hybridized carbons (Fsp3) is 0.545. The summed E-state index contributed by atoms with van der Waals surface area (Å²) in [6.07, 6.45) is 3.38. The Morgan fingerprint density at radius 3 is 2.64 bits per heavy atom. The minimum Gasteiger partial charge on any atom is -0.428 e. The van der Waals surface area contributed by atoms with Crippen molar-refractivity contribution in [3.8, 4) is 0 Å². The third kappa shape index (κ3) is 1.38. The molecule has 1 unspecified atom stereocenters. The number of esters is 1. The molecule has 3 nitrogen and oxygen atoms in total. The highest BCUT2D eigenvalue weighted by atomic mass is 16.7. The van der Waals surface area contributed by atoms with E-state index in [1.54, 1.807) is 0 Å². The summed E-state index contributed by atoms with van der Waals surface area (Å²) in [6.45, 7) is 3.93. The first-order valence-corrected chi connectivity index (χ1v) is 4.89. The number of rotatable bonds is 1. The van der Waals surface area contributed by atoms with Gasteiger partial charge >= 0.3 is 5.97 Å². The number of methoxy groups -OCH3 is 1. The maximum atomic E-state index is 11.5. The zero-order chi connectivity index (χ0) is 10.1. The maximum Gasteiger partial charge on any atom is 0.336 e. The molecule has 0 fully saturated rings. The molecule has 0 bridgehead atoms. The van der Waals surface area contributed by atoms with Gasteiger partial charge in [-0.1, -0.05) is 6.58 Å². The standard InChI is InChI=1S/C11H14O3/c1-7-8-5-3-4-6-9(8)10(12)14-11(7)13-2/h11H,1,3-6H2,2H3. The van der Waals surface area contributed by atoms with Crippen LogP contribution in [0.5, 0.6) is 0 Å². The van der Waals surface area contributed by atoms with Crippen LogP contribution >= 0.6 is 0 Å². The summed E-state index contributed by atoms with van der Waals surface area (Å²) in [4.78, 5) is 11.5. The van der Waals surface area contributed by atoms with Gasteiger partial charge in [0, 0.05) is 18.3 Å². The molecule has 0 aromatic heterocycles. The summed E-state index contributed by atoms with van der Waals surface area (Å²) < 4.78 is 10.1. The van der Waals surface area contributed by atoms with E-state index in [-0.39, 0.29) is 5.97 Å². The molecule has 0 N–H and O–H groups in total. The van der Waals surface area contributed by atoms with E-state index >= 15 is 0 Å². The molecule has 0 aromatic carbocycles. The number of carbonyl (C=O) groups excluding carboxylic acids is 1. The molecule has 0 saturated heterocycles. The lowest BCUT2D eigenvalue weighted by molar-refractivity contribution is -0.163. The highest BCUT2D eigenvalue weighted by molar-refractivity contribution is 5.92. The van der Waals surface area contributed by atoms with Gasteiger partial charge in [-0.2, -0.15) is 0 Å². The van der Waals surface area contributed by atoms with E-state index in [9.17, 15) is 4.79 Å². The predicted octanol–water partition coefficient (Wildman–Crippen LogP) is 1.94. The van der Waals surface area contributed by atoms with Crippen molar-refractivity contribution in [3.05, 3.63) is 23.3 Å². The third-order valence-electron chi connectivity index (χ3n) is 2.81. The van der Waals surface area contributed by atoms with Crippen LogP contribution in [-0.2, 0) is 14.3 Å². The van der Waals surface area contributed by atoms with Crippen LogP contribution < -0.4 is 0 Å². The molecule has 0 aromatic rings. The molecule has 1 aliphatic carbocycles. The summed E-state index contributed by atoms with van der Waals surface area (Å²) in [7, 11) is 1.53. The lowest BCUT2D eigenvalue weighted by Gasteiger charge is -2.30. The summed E-state index contributed by atoms with van der Waals surface area (Å²) in [5, 5.41) is 0. The Kier molecular flexibility index (Phi) is 2.42. The van der Waals surface area contributed by atoms with Crippen LogP contribution in [0.1, 0.15) is 25.7 Å². The van der Waals surface area contributed by atoms with E-state index in [0.29, 0.717) is 0 Å². The Labute approximate surface area is 83.4 Å². The van der Waals surface area contributed by atoms with Crippen molar-refractivity contribution in [2.24, 2.45) is 0 Å². The van der Waals surface area contributed by atoms with Crippen LogP contribution in [0.15, 0.2) is 23.3 Å². The second kappa shape index (κ2) is 3.58. The fourth-order valence-corrected chi connectivity index (χ4v) is 2.06. The van der Waals surface area contributed by atoms with Crippen LogP contribution in [0.3, 0.4) is 0 Å². The van der Waals surface area contributed by atoms with Crippen molar-refractivity contribution < 1.29 is 14.3 Å². The summed E-state index contributed by atoms with van der Waals surface area (Å²) in [5.74, 6) is -0.223. The number of hydrogen-bond donors (Lipinski definition) is 0. The number of ether oxygens (including phenoxy) is 2. The Balaban J connectivity index is 2.35. The molecule has 1 aliphatic heterocycles. The van der Waals surface area contributed by atoms with Gasteiger partial charge in [-0.05, 0) is 31.3 Å². The zero-order valence-electron chi connectivity index (χ0n) is 8.34. The second-order valence-electron chi connectivity index (χ2n) is 3.66. The van der Waals surface area contributed by atoms with Crippen molar-refractivity contribution >= 4 is 5.97 Å². The van der Waals surface area contributed by atoms with E-state index in [2.05, 4.69) is 6.58 Å². The van der Waals surface area contributed by atoms with Crippen molar-refractivity contribution in [1.29, 1.82) is 0 Å². The molecule has 3 heteroatoms. The van der Waals surface area contributed by atoms with E-state index in [1.165, 1.54) is 7.11 Å². The van der Waals surface area contributed by atoms with Crippen molar-refractivity contribution in [2.75, 3.05) is 7.11 Å². The van der Waals surface area contributed by atoms with E-state index in [1.807, 2.05) is 0 Å². The molecule has 2 rings (SSSR count). The predicted molar refractivity (Wildman–Crippen MR) is 51.5 cm³/mol. The van der Waals surface area contributed by atoms with E-state index in [4.69, 9.17) is 9.47 Å². The average molecular weight is 194 g/mol. The first kappa shape index (κ1) is 9.46. The first-order chi connectivity index (χ1) is 6.74. The summed E-state index contributed by atoms with van der Waals surface area (Å²) >= 11 is 0. The number of carbonyl (C=O) groups is 1. The minimum atomic E-state index is -0.570. The highest BCUT2D eigenvalue weighted by Crippen LogP contribution is 2.35. The van der Waals surface area contributed by atoms with Crippen molar-refractivity contribution in [2.45, 2.75) is 32.0 Å². The van der Waals surface area contributed by atoms with Crippen molar-refractivity contribution in [1.82, 2.24) is 0 Å². The van der Waals surface area contributed by atoms with Crippen LogP contribution in [0.4, 0.5) is 0 Å². The largest absolute Gasteiger partial charge is 0.428 e. The molecule has 1 heterocycles. The molecular weight excluding hydrogens is 180 g/mol. The number of hydrogen-bond acceptors (Lipinski definition) is 3. The van der Waals surface area contributed by atoms with Gasteiger partial charge < -0.3 is 9.47 Å². The smallest absolute Gasteiger partial charge is 0.336 e. The first-order valence-electron chi connectivity index (χ1n) is 4.89. The molecule has 0 spiro atoms. The third-order valence-corrected chi connectivity index (χ3v) is 2.81. The van der Waals surface area contributed by atoms with Crippen molar-refractivity contribution in [3.63, 3.8) is 0 Å². The Morgan fingerprint density at radius 2 is 2.00 bits per heavy atom. The van der Waals surface area contributed by atoms with Gasteiger partial charge in [-0.3, -0.25) is 0 Å². The molecule has 14 heavy (non-hydrogen) atoms. The molecule has 76 valence electrons. The fourth-order valence-electron chi connectivity index (χ4n) is 2.06. The SMILES string of the molecule is C=C1C2=C(CCCC2)C(=O)OC1OC. The van der Waals surface area contributed by atoms with Gasteiger partial charge in [0.05, 0.1) is 0 Å². The lowest BCUT2D eigenvalue weighted by Crippen LogP contribution is -2.31. The molecule has 0 amide bonds. The van der Waals surface area contributed by atoms with Gasteiger partial charge in [-0.15, -0.1) is 0 Å². The van der Waals surface area contributed by atoms with Gasteiger partial charge in [0.15, 0.2) is 0 Å². The molecule has 0 radical (unpaired) electrons. The molecule has 2 aliphatic rings. The monoisotopic (exact) mass is 194 g/mol. The normalized spacial score (nSPS) is 27.4. The summed E-state index contributed by atoms with van der Waals surface area (Å²) in [5.41, 5.74) is 2.70. The van der Waals surface area contributed by atoms with E-state index < -0.39 is 6.29 Å². The minimum absolute atomic E-state index is 0.223. The van der Waals surface area contributed by atoms with Crippen LogP contribution in [0.25, 0.3) is 0 Å². The molecule has 1 atom stereocenters. The Hall–Kier alpha value is -1.09. The zero-order valence-corrected chi connectivity index (χ0v) is 8.34. The van der Waals surface area contributed by atoms with Crippen LogP contribution in [-0.4, -0.2) is 19.4 Å². The number of cyclic esters (lactones) is 1. The Morgan fingerprint density at radius 1 is 1.36 bits per heavy atom. The van der Waals surface area contributed by atoms with Gasteiger partial charge in [-0.25, -0.2) is 4.79 Å². The van der Waals surface area contributed by atoms with E-state index in [0.717, 1.165) is 42.4 Å².